The molecule has 2 aliphatic heterocycles. The summed E-state index contributed by atoms with van der Waals surface area (Å²) < 4.78 is 0. The number of hydrogen-bond donors (Lipinski definition) is 2. The van der Waals surface area contributed by atoms with Gasteiger partial charge in [0.05, 0.1) is 0 Å². The zero-order valence-electron chi connectivity index (χ0n) is 11.0. The summed E-state index contributed by atoms with van der Waals surface area (Å²) in [6.07, 6.45) is 2.49. The third kappa shape index (κ3) is 2.43. The Kier molecular flexibility index (Phi) is 3.40. The predicted octanol–water partition coefficient (Wildman–Crippen LogP) is 0.892. The van der Waals surface area contributed by atoms with Gasteiger partial charge >= 0.3 is 0 Å². The van der Waals surface area contributed by atoms with Gasteiger partial charge in [-0.05, 0) is 43.7 Å². The first-order chi connectivity index (χ1) is 9.28. The molecule has 2 saturated heterocycles. The molecule has 1 aromatic carbocycles. The minimum atomic E-state index is 0.134. The van der Waals surface area contributed by atoms with Crippen LogP contribution in [0.3, 0.4) is 0 Å². The van der Waals surface area contributed by atoms with Crippen LogP contribution in [0, 0.1) is 0 Å². The molecule has 19 heavy (non-hydrogen) atoms. The van der Waals surface area contributed by atoms with Crippen LogP contribution in [0.25, 0.3) is 0 Å². The van der Waals surface area contributed by atoms with E-state index >= 15 is 0 Å². The Hall–Kier alpha value is -1.59. The number of nitrogens with zero attached hydrogens (tertiary/aromatic N) is 2. The topological polar surface area (TPSA) is 61.6 Å². The number of hydrogen-bond acceptors (Lipinski definition) is 4. The molecule has 2 aliphatic rings. The lowest BCUT2D eigenvalue weighted by Crippen LogP contribution is -2.52. The van der Waals surface area contributed by atoms with Crippen LogP contribution in [-0.2, 0) is 0 Å². The Bertz CT molecular complexity index is 459. The average Bonchev–Trinajstić information content (AvgIpc) is 2.94. The van der Waals surface area contributed by atoms with Gasteiger partial charge in [-0.3, -0.25) is 15.5 Å². The molecule has 0 saturated carbocycles. The third-order valence-corrected chi connectivity index (χ3v) is 4.17. The highest BCUT2D eigenvalue weighted by atomic mass is 16.2. The molecule has 3 N–H and O–H groups in total. The van der Waals surface area contributed by atoms with Gasteiger partial charge in [0.25, 0.3) is 5.91 Å². The standard InChI is InChI=1S/C14H20N4O/c15-16-12-5-3-11(4-6-12)14(19)18-9-8-17-7-1-2-13(17)10-18/h3-6,13,16H,1-2,7-10,15H2. The normalized spacial score (nSPS) is 23.2. The highest BCUT2D eigenvalue weighted by Crippen LogP contribution is 2.22. The highest BCUT2D eigenvalue weighted by Gasteiger charge is 2.32. The first kappa shape index (κ1) is 12.4. The van der Waals surface area contributed by atoms with Crippen LogP contribution in [-0.4, -0.2) is 47.9 Å². The number of anilines is 1. The van der Waals surface area contributed by atoms with E-state index in [0.717, 1.165) is 30.9 Å². The Morgan fingerprint density at radius 2 is 2.00 bits per heavy atom. The van der Waals surface area contributed by atoms with Crippen LogP contribution < -0.4 is 11.3 Å². The number of carbonyl (C=O) groups excluding carboxylic acids is 1. The maximum atomic E-state index is 12.4. The van der Waals surface area contributed by atoms with Crippen LogP contribution in [0.5, 0.6) is 0 Å². The average molecular weight is 260 g/mol. The molecule has 0 aliphatic carbocycles. The van der Waals surface area contributed by atoms with Crippen molar-refractivity contribution in [3.05, 3.63) is 29.8 Å². The summed E-state index contributed by atoms with van der Waals surface area (Å²) in [6, 6.07) is 7.90. The van der Waals surface area contributed by atoms with Crippen molar-refractivity contribution in [2.45, 2.75) is 18.9 Å². The molecule has 0 radical (unpaired) electrons. The molecule has 0 bridgehead atoms. The van der Waals surface area contributed by atoms with E-state index in [-0.39, 0.29) is 5.91 Å². The molecule has 3 rings (SSSR count). The van der Waals surface area contributed by atoms with Gasteiger partial charge in [0.2, 0.25) is 0 Å². The first-order valence-electron chi connectivity index (χ1n) is 6.88. The van der Waals surface area contributed by atoms with Gasteiger partial charge in [-0.25, -0.2) is 0 Å². The number of benzene rings is 1. The lowest BCUT2D eigenvalue weighted by Gasteiger charge is -2.37. The van der Waals surface area contributed by atoms with Crippen molar-refractivity contribution < 1.29 is 4.79 Å². The van der Waals surface area contributed by atoms with Crippen molar-refractivity contribution in [2.75, 3.05) is 31.6 Å². The molecule has 2 fully saturated rings. The van der Waals surface area contributed by atoms with E-state index in [2.05, 4.69) is 10.3 Å². The molecular weight excluding hydrogens is 240 g/mol. The second kappa shape index (κ2) is 5.19. The fraction of sp³-hybridized carbons (Fsp3) is 0.500. The van der Waals surface area contributed by atoms with Crippen molar-refractivity contribution in [2.24, 2.45) is 5.84 Å². The molecule has 1 aromatic rings. The molecule has 5 heteroatoms. The van der Waals surface area contributed by atoms with Crippen LogP contribution in [0.15, 0.2) is 24.3 Å². The monoisotopic (exact) mass is 260 g/mol. The molecule has 2 heterocycles. The van der Waals surface area contributed by atoms with Crippen molar-refractivity contribution in [1.82, 2.24) is 9.80 Å². The zero-order chi connectivity index (χ0) is 13.2. The van der Waals surface area contributed by atoms with Gasteiger partial charge in [-0.1, -0.05) is 0 Å². The quantitative estimate of drug-likeness (QED) is 0.612. The molecule has 0 spiro atoms. The minimum absolute atomic E-state index is 0.134. The van der Waals surface area contributed by atoms with Gasteiger partial charge in [0.15, 0.2) is 0 Å². The van der Waals surface area contributed by atoms with E-state index in [0.29, 0.717) is 6.04 Å². The molecular formula is C14H20N4O. The zero-order valence-corrected chi connectivity index (χ0v) is 11.0. The largest absolute Gasteiger partial charge is 0.336 e. The second-order valence-corrected chi connectivity index (χ2v) is 5.30. The van der Waals surface area contributed by atoms with Gasteiger partial charge < -0.3 is 10.3 Å². The van der Waals surface area contributed by atoms with Crippen molar-refractivity contribution in [1.29, 1.82) is 0 Å². The van der Waals surface area contributed by atoms with Gasteiger partial charge in [0.1, 0.15) is 0 Å². The summed E-state index contributed by atoms with van der Waals surface area (Å²) in [5.41, 5.74) is 4.13. The predicted molar refractivity (Wildman–Crippen MR) is 74.8 cm³/mol. The Labute approximate surface area is 113 Å². The van der Waals surface area contributed by atoms with Crippen LogP contribution >= 0.6 is 0 Å². The SMILES string of the molecule is NNc1ccc(C(=O)N2CCN3CCCC3C2)cc1. The molecule has 1 unspecified atom stereocenters. The number of piperazine rings is 1. The Balaban J connectivity index is 1.69. The van der Waals surface area contributed by atoms with E-state index < -0.39 is 0 Å². The van der Waals surface area contributed by atoms with E-state index in [1.165, 1.54) is 19.4 Å². The van der Waals surface area contributed by atoms with E-state index in [4.69, 9.17) is 5.84 Å². The fourth-order valence-electron chi connectivity index (χ4n) is 3.07. The maximum Gasteiger partial charge on any atom is 0.253 e. The number of nitrogens with two attached hydrogens (primary N) is 1. The number of nitrogens with one attached hydrogen (secondary N) is 1. The van der Waals surface area contributed by atoms with E-state index in [1.807, 2.05) is 29.2 Å². The fourth-order valence-corrected chi connectivity index (χ4v) is 3.07. The van der Waals surface area contributed by atoms with Crippen LogP contribution in [0.4, 0.5) is 5.69 Å². The Morgan fingerprint density at radius 3 is 2.74 bits per heavy atom. The molecule has 1 amide bonds. The summed E-state index contributed by atoms with van der Waals surface area (Å²) >= 11 is 0. The maximum absolute atomic E-state index is 12.4. The lowest BCUT2D eigenvalue weighted by atomic mass is 10.1. The highest BCUT2D eigenvalue weighted by molar-refractivity contribution is 5.94. The van der Waals surface area contributed by atoms with Crippen molar-refractivity contribution in [3.63, 3.8) is 0 Å². The number of nitrogen functional groups attached to an aromatic ring is 1. The van der Waals surface area contributed by atoms with Crippen LogP contribution in [0.2, 0.25) is 0 Å². The summed E-state index contributed by atoms with van der Waals surface area (Å²) in [6.45, 7) is 3.92. The molecule has 102 valence electrons. The number of fused-ring (bicyclic) bond motifs is 1. The van der Waals surface area contributed by atoms with Gasteiger partial charge in [-0.2, -0.15) is 0 Å². The summed E-state index contributed by atoms with van der Waals surface area (Å²) in [5, 5.41) is 0. The number of amides is 1. The van der Waals surface area contributed by atoms with Crippen LogP contribution in [0.1, 0.15) is 23.2 Å². The Morgan fingerprint density at radius 1 is 1.21 bits per heavy atom. The summed E-state index contributed by atoms with van der Waals surface area (Å²) in [5.74, 6) is 5.46. The summed E-state index contributed by atoms with van der Waals surface area (Å²) in [4.78, 5) is 16.9. The second-order valence-electron chi connectivity index (χ2n) is 5.30. The van der Waals surface area contributed by atoms with E-state index in [9.17, 15) is 4.79 Å². The number of carbonyl (C=O) groups is 1. The van der Waals surface area contributed by atoms with Crippen molar-refractivity contribution >= 4 is 11.6 Å². The third-order valence-electron chi connectivity index (χ3n) is 4.17. The van der Waals surface area contributed by atoms with E-state index in [1.54, 1.807) is 0 Å². The minimum Gasteiger partial charge on any atom is -0.336 e. The lowest BCUT2D eigenvalue weighted by molar-refractivity contribution is 0.0571. The van der Waals surface area contributed by atoms with Crippen molar-refractivity contribution in [3.8, 4) is 0 Å². The molecule has 1 atom stereocenters. The molecule has 0 aromatic heterocycles. The van der Waals surface area contributed by atoms with Gasteiger partial charge in [-0.15, -0.1) is 0 Å². The number of hydrazine groups is 1. The van der Waals surface area contributed by atoms with Gasteiger partial charge in [0, 0.05) is 36.9 Å². The first-order valence-corrected chi connectivity index (χ1v) is 6.88. The molecule has 5 nitrogen and oxygen atoms in total. The number of rotatable bonds is 2. The smallest absolute Gasteiger partial charge is 0.253 e. The summed E-state index contributed by atoms with van der Waals surface area (Å²) in [7, 11) is 0.